The number of amides is 3. The molecule has 3 amide bonds. The van der Waals surface area contributed by atoms with Crippen molar-refractivity contribution in [1.82, 2.24) is 10.3 Å². The van der Waals surface area contributed by atoms with Gasteiger partial charge in [-0.3, -0.25) is 10.1 Å². The molecular formula is C27H39N7O5. The summed E-state index contributed by atoms with van der Waals surface area (Å²) in [4.78, 5) is 42.3. The maximum Gasteiger partial charge on any atom is 0.413 e. The van der Waals surface area contributed by atoms with Crippen molar-refractivity contribution in [1.29, 1.82) is 0 Å². The summed E-state index contributed by atoms with van der Waals surface area (Å²) in [7, 11) is 0. The molecule has 0 aliphatic heterocycles. The Balaban J connectivity index is 2.28. The molecule has 1 aromatic heterocycles. The fourth-order valence-corrected chi connectivity index (χ4v) is 3.13. The van der Waals surface area contributed by atoms with Gasteiger partial charge in [0.15, 0.2) is 5.82 Å². The number of azo groups is 1. The lowest BCUT2D eigenvalue weighted by atomic mass is 10.1. The summed E-state index contributed by atoms with van der Waals surface area (Å²) in [6.07, 6.45) is 0.174. The predicted molar refractivity (Wildman–Crippen MR) is 149 cm³/mol. The van der Waals surface area contributed by atoms with Crippen LogP contribution in [0.5, 0.6) is 0 Å². The van der Waals surface area contributed by atoms with Crippen LogP contribution in [0.4, 0.5) is 32.6 Å². The molecule has 2 rings (SSSR count). The first-order chi connectivity index (χ1) is 18.3. The highest BCUT2D eigenvalue weighted by Crippen LogP contribution is 2.28. The van der Waals surface area contributed by atoms with Crippen molar-refractivity contribution >= 4 is 41.1 Å². The maximum atomic E-state index is 13.1. The van der Waals surface area contributed by atoms with Crippen molar-refractivity contribution in [2.45, 2.75) is 78.0 Å². The second-order valence-corrected chi connectivity index (χ2v) is 10.7. The number of carbonyl (C=O) groups excluding carboxylic acids is 3. The maximum absolute atomic E-state index is 13.1. The van der Waals surface area contributed by atoms with Crippen LogP contribution in [0.1, 0.15) is 60.8 Å². The highest BCUT2D eigenvalue weighted by Gasteiger charge is 2.25. The number of ether oxygens (including phenoxy) is 2. The summed E-state index contributed by atoms with van der Waals surface area (Å²) < 4.78 is 10.6. The van der Waals surface area contributed by atoms with Crippen LogP contribution in [0, 0.1) is 0 Å². The molecule has 0 unspecified atom stereocenters. The minimum Gasteiger partial charge on any atom is -0.444 e. The van der Waals surface area contributed by atoms with E-state index in [4.69, 9.17) is 15.2 Å². The van der Waals surface area contributed by atoms with Crippen molar-refractivity contribution < 1.29 is 23.9 Å². The summed E-state index contributed by atoms with van der Waals surface area (Å²) >= 11 is 0. The number of nitrogens with two attached hydrogens (primary N) is 1. The van der Waals surface area contributed by atoms with E-state index in [0.29, 0.717) is 31.5 Å². The standard InChI is InChI=1S/C27H39N7O5/c1-26(2,3)38-24(36)29-20(14-10-11-17-28)23(35)31-21-16-15-19(34-33-18-12-8-7-9-13-18)22(30-21)32-25(37)39-27(4,5)6/h7-9,12-13,15-16,20H,10-11,14,17,28H2,1-6H3,(H,29,36)(H2,30,31,32,35,37)/t20-/m0/s1. The summed E-state index contributed by atoms with van der Waals surface area (Å²) in [6, 6.07) is 11.2. The molecule has 1 aromatic carbocycles. The molecule has 0 bridgehead atoms. The summed E-state index contributed by atoms with van der Waals surface area (Å²) in [5.41, 5.74) is 4.96. The van der Waals surface area contributed by atoms with Gasteiger partial charge < -0.3 is 25.8 Å². The Morgan fingerprint density at radius 1 is 0.872 bits per heavy atom. The van der Waals surface area contributed by atoms with Crippen molar-refractivity contribution in [3.63, 3.8) is 0 Å². The average Bonchev–Trinajstić information content (AvgIpc) is 2.81. The molecule has 1 atom stereocenters. The molecule has 0 saturated heterocycles. The van der Waals surface area contributed by atoms with Gasteiger partial charge in [-0.1, -0.05) is 18.2 Å². The van der Waals surface area contributed by atoms with E-state index in [1.165, 1.54) is 6.07 Å². The smallest absolute Gasteiger partial charge is 0.413 e. The van der Waals surface area contributed by atoms with Crippen LogP contribution in [0.25, 0.3) is 0 Å². The number of anilines is 2. The van der Waals surface area contributed by atoms with Crippen LogP contribution in [0.2, 0.25) is 0 Å². The number of alkyl carbamates (subject to hydrolysis) is 1. The Kier molecular flexibility index (Phi) is 11.3. The number of carbonyl (C=O) groups is 3. The number of pyridine rings is 1. The average molecular weight is 542 g/mol. The first kappa shape index (κ1) is 31.2. The van der Waals surface area contributed by atoms with Gasteiger partial charge in [-0.15, -0.1) is 5.11 Å². The first-order valence-corrected chi connectivity index (χ1v) is 12.7. The lowest BCUT2D eigenvalue weighted by molar-refractivity contribution is -0.118. The van der Waals surface area contributed by atoms with Gasteiger partial charge in [0.1, 0.15) is 28.7 Å². The van der Waals surface area contributed by atoms with Crippen LogP contribution in [-0.2, 0) is 14.3 Å². The molecule has 12 heteroatoms. The number of hydrogen-bond acceptors (Lipinski definition) is 9. The van der Waals surface area contributed by atoms with E-state index in [0.717, 1.165) is 0 Å². The van der Waals surface area contributed by atoms with Crippen LogP contribution in [-0.4, -0.2) is 46.9 Å². The third-order valence-electron chi connectivity index (χ3n) is 4.73. The van der Waals surface area contributed by atoms with Crippen molar-refractivity contribution in [2.24, 2.45) is 16.0 Å². The van der Waals surface area contributed by atoms with Gasteiger partial charge >= 0.3 is 12.2 Å². The van der Waals surface area contributed by atoms with Crippen LogP contribution in [0.15, 0.2) is 52.7 Å². The molecule has 0 fully saturated rings. The number of nitrogens with one attached hydrogen (secondary N) is 3. The SMILES string of the molecule is CC(C)(C)OC(=O)Nc1nc(NC(=O)[C@H](CCCCN)NC(=O)OC(C)(C)C)ccc1N=Nc1ccccc1. The summed E-state index contributed by atoms with van der Waals surface area (Å²) in [6.45, 7) is 10.8. The quantitative estimate of drug-likeness (QED) is 0.217. The highest BCUT2D eigenvalue weighted by atomic mass is 16.6. The van der Waals surface area contributed by atoms with Gasteiger partial charge in [0, 0.05) is 0 Å². The largest absolute Gasteiger partial charge is 0.444 e. The Morgan fingerprint density at radius 2 is 1.51 bits per heavy atom. The molecule has 1 heterocycles. The zero-order valence-electron chi connectivity index (χ0n) is 23.4. The zero-order valence-corrected chi connectivity index (χ0v) is 23.4. The molecule has 12 nitrogen and oxygen atoms in total. The molecular weight excluding hydrogens is 502 g/mol. The van der Waals surface area contributed by atoms with E-state index in [1.807, 2.05) is 18.2 Å². The van der Waals surface area contributed by atoms with E-state index >= 15 is 0 Å². The molecule has 0 aliphatic carbocycles. The number of nitrogens with zero attached hydrogens (tertiary/aromatic N) is 3. The van der Waals surface area contributed by atoms with Crippen LogP contribution in [0.3, 0.4) is 0 Å². The number of hydrogen-bond donors (Lipinski definition) is 4. The van der Waals surface area contributed by atoms with Gasteiger partial charge in [-0.05, 0) is 91.6 Å². The number of rotatable bonds is 10. The van der Waals surface area contributed by atoms with Crippen molar-refractivity contribution in [3.8, 4) is 0 Å². The molecule has 212 valence electrons. The Hall–Kier alpha value is -4.06. The monoisotopic (exact) mass is 541 g/mol. The Morgan fingerprint density at radius 3 is 2.13 bits per heavy atom. The fourth-order valence-electron chi connectivity index (χ4n) is 3.13. The van der Waals surface area contributed by atoms with Gasteiger partial charge in [0.25, 0.3) is 0 Å². The summed E-state index contributed by atoms with van der Waals surface area (Å²) in [5, 5.41) is 16.2. The molecule has 39 heavy (non-hydrogen) atoms. The minimum atomic E-state index is -0.895. The topological polar surface area (TPSA) is 169 Å². The Labute approximate surface area is 229 Å². The molecule has 2 aromatic rings. The first-order valence-electron chi connectivity index (χ1n) is 12.7. The van der Waals surface area contributed by atoms with E-state index < -0.39 is 35.3 Å². The number of benzene rings is 1. The molecule has 0 radical (unpaired) electrons. The lowest BCUT2D eigenvalue weighted by Gasteiger charge is -2.23. The molecule has 5 N–H and O–H groups in total. The van der Waals surface area contributed by atoms with E-state index in [1.54, 1.807) is 59.7 Å². The lowest BCUT2D eigenvalue weighted by Crippen LogP contribution is -2.46. The third-order valence-corrected chi connectivity index (χ3v) is 4.73. The summed E-state index contributed by atoms with van der Waals surface area (Å²) in [5.74, 6) is -0.353. The Bertz CT molecular complexity index is 1140. The van der Waals surface area contributed by atoms with Crippen LogP contribution >= 0.6 is 0 Å². The van der Waals surface area contributed by atoms with Gasteiger partial charge in [0.2, 0.25) is 5.91 Å². The van der Waals surface area contributed by atoms with Crippen molar-refractivity contribution in [2.75, 3.05) is 17.2 Å². The molecule has 0 spiro atoms. The minimum absolute atomic E-state index is 0.0292. The zero-order chi connectivity index (χ0) is 29.1. The van der Waals surface area contributed by atoms with Crippen molar-refractivity contribution in [3.05, 3.63) is 42.5 Å². The normalized spacial score (nSPS) is 12.5. The fraction of sp³-hybridized carbons (Fsp3) is 0.481. The molecule has 0 aliphatic rings. The highest BCUT2D eigenvalue weighted by molar-refractivity contribution is 5.96. The van der Waals surface area contributed by atoms with Gasteiger partial charge in [0.05, 0.1) is 5.69 Å². The van der Waals surface area contributed by atoms with E-state index in [9.17, 15) is 14.4 Å². The van der Waals surface area contributed by atoms with Crippen LogP contribution < -0.4 is 21.7 Å². The second-order valence-electron chi connectivity index (χ2n) is 10.7. The predicted octanol–water partition coefficient (Wildman–Crippen LogP) is 5.80. The van der Waals surface area contributed by atoms with Gasteiger partial charge in [-0.25, -0.2) is 14.6 Å². The number of aromatic nitrogens is 1. The van der Waals surface area contributed by atoms with E-state index in [2.05, 4.69) is 31.2 Å². The third kappa shape index (κ3) is 12.4. The molecule has 0 saturated carbocycles. The second kappa shape index (κ2) is 14.2. The van der Waals surface area contributed by atoms with Gasteiger partial charge in [-0.2, -0.15) is 5.11 Å². The number of unbranched alkanes of at least 4 members (excludes halogenated alkanes) is 1. The van der Waals surface area contributed by atoms with E-state index in [-0.39, 0.29) is 17.3 Å².